The summed E-state index contributed by atoms with van der Waals surface area (Å²) >= 11 is 6.00. The Balaban J connectivity index is 1.88. The third kappa shape index (κ3) is 2.18. The van der Waals surface area contributed by atoms with Gasteiger partial charge in [0.15, 0.2) is 6.61 Å². The number of nitrogens with one attached hydrogen (secondary N) is 1. The van der Waals surface area contributed by atoms with Crippen molar-refractivity contribution in [2.75, 3.05) is 24.6 Å². The fourth-order valence-electron chi connectivity index (χ4n) is 2.51. The first-order chi connectivity index (χ1) is 8.74. The Morgan fingerprint density at radius 1 is 1.50 bits per heavy atom. The van der Waals surface area contributed by atoms with Gasteiger partial charge in [-0.1, -0.05) is 11.6 Å². The van der Waals surface area contributed by atoms with Gasteiger partial charge in [-0.3, -0.25) is 4.79 Å². The number of amides is 1. The average Bonchev–Trinajstić information content (AvgIpc) is 2.86. The summed E-state index contributed by atoms with van der Waals surface area (Å²) in [6.07, 6.45) is 2.28. The molecular weight excluding hydrogens is 252 g/mol. The smallest absolute Gasteiger partial charge is 0.265 e. The highest BCUT2D eigenvalue weighted by atomic mass is 35.5. The number of hydrogen-bond donors (Lipinski definition) is 1. The average molecular weight is 267 g/mol. The molecular formula is C13H15ClN2O2. The maximum atomic E-state index is 12.0. The van der Waals surface area contributed by atoms with Crippen LogP contribution in [0.1, 0.15) is 12.8 Å². The van der Waals surface area contributed by atoms with Crippen molar-refractivity contribution in [3.63, 3.8) is 0 Å². The van der Waals surface area contributed by atoms with E-state index in [9.17, 15) is 4.79 Å². The van der Waals surface area contributed by atoms with Crippen LogP contribution in [0.25, 0.3) is 0 Å². The molecule has 96 valence electrons. The first kappa shape index (κ1) is 11.8. The number of rotatable bonds is 2. The summed E-state index contributed by atoms with van der Waals surface area (Å²) in [5, 5.41) is 4.02. The molecule has 4 nitrogen and oxygen atoms in total. The van der Waals surface area contributed by atoms with Crippen LogP contribution in [0.4, 0.5) is 5.69 Å². The molecule has 2 aliphatic rings. The molecule has 0 aromatic heterocycles. The minimum Gasteiger partial charge on any atom is -0.482 e. The van der Waals surface area contributed by atoms with Crippen molar-refractivity contribution in [2.24, 2.45) is 0 Å². The van der Waals surface area contributed by atoms with E-state index in [1.54, 1.807) is 17.0 Å². The molecule has 18 heavy (non-hydrogen) atoms. The van der Waals surface area contributed by atoms with Crippen LogP contribution in [0.3, 0.4) is 0 Å². The molecule has 1 fully saturated rings. The fraction of sp³-hybridized carbons (Fsp3) is 0.462. The number of carbonyl (C=O) groups excluding carboxylic acids is 1. The lowest BCUT2D eigenvalue weighted by atomic mass is 10.1. The summed E-state index contributed by atoms with van der Waals surface area (Å²) in [5.41, 5.74) is 0.785. The van der Waals surface area contributed by atoms with Crippen molar-refractivity contribution in [3.05, 3.63) is 23.2 Å². The van der Waals surface area contributed by atoms with E-state index in [1.807, 2.05) is 6.07 Å². The van der Waals surface area contributed by atoms with E-state index in [-0.39, 0.29) is 12.5 Å². The third-order valence-electron chi connectivity index (χ3n) is 3.43. The number of ether oxygens (including phenoxy) is 1. The molecule has 2 aliphatic heterocycles. The second-order valence-electron chi connectivity index (χ2n) is 4.70. The van der Waals surface area contributed by atoms with Crippen molar-refractivity contribution in [1.29, 1.82) is 0 Å². The zero-order valence-electron chi connectivity index (χ0n) is 9.99. The maximum absolute atomic E-state index is 12.0. The van der Waals surface area contributed by atoms with E-state index in [0.29, 0.717) is 17.6 Å². The molecule has 1 aromatic rings. The Labute approximate surface area is 111 Å². The van der Waals surface area contributed by atoms with Crippen molar-refractivity contribution < 1.29 is 9.53 Å². The van der Waals surface area contributed by atoms with Gasteiger partial charge in [0.1, 0.15) is 5.75 Å². The molecule has 0 aliphatic carbocycles. The van der Waals surface area contributed by atoms with Crippen LogP contribution in [0, 0.1) is 0 Å². The van der Waals surface area contributed by atoms with Gasteiger partial charge >= 0.3 is 0 Å². The Morgan fingerprint density at radius 2 is 2.39 bits per heavy atom. The zero-order chi connectivity index (χ0) is 12.5. The predicted octanol–water partition coefficient (Wildman–Crippen LogP) is 1.82. The molecule has 1 aromatic carbocycles. The number of carbonyl (C=O) groups is 1. The van der Waals surface area contributed by atoms with E-state index < -0.39 is 0 Å². The number of benzene rings is 1. The van der Waals surface area contributed by atoms with E-state index in [1.165, 1.54) is 6.42 Å². The first-order valence-electron chi connectivity index (χ1n) is 6.20. The molecule has 1 atom stereocenters. The number of hydrogen-bond acceptors (Lipinski definition) is 3. The van der Waals surface area contributed by atoms with Gasteiger partial charge in [-0.15, -0.1) is 0 Å². The van der Waals surface area contributed by atoms with E-state index in [2.05, 4.69) is 5.32 Å². The van der Waals surface area contributed by atoms with Crippen molar-refractivity contribution in [2.45, 2.75) is 18.9 Å². The lowest BCUT2D eigenvalue weighted by Crippen LogP contribution is -2.45. The second kappa shape index (κ2) is 4.78. The van der Waals surface area contributed by atoms with Crippen molar-refractivity contribution in [1.82, 2.24) is 5.32 Å². The Hall–Kier alpha value is -1.26. The third-order valence-corrected chi connectivity index (χ3v) is 3.66. The maximum Gasteiger partial charge on any atom is 0.265 e. The van der Waals surface area contributed by atoms with Gasteiger partial charge in [0.05, 0.1) is 5.69 Å². The predicted molar refractivity (Wildman–Crippen MR) is 70.3 cm³/mol. The molecule has 1 amide bonds. The molecule has 0 saturated carbocycles. The molecule has 2 heterocycles. The van der Waals surface area contributed by atoms with E-state index in [4.69, 9.17) is 16.3 Å². The zero-order valence-corrected chi connectivity index (χ0v) is 10.7. The molecule has 1 saturated heterocycles. The van der Waals surface area contributed by atoms with Crippen LogP contribution in [0.15, 0.2) is 18.2 Å². The minimum atomic E-state index is -0.00142. The highest BCUT2D eigenvalue weighted by Gasteiger charge is 2.28. The Bertz CT molecular complexity index is 472. The summed E-state index contributed by atoms with van der Waals surface area (Å²) in [7, 11) is 0. The molecule has 0 spiro atoms. The highest BCUT2D eigenvalue weighted by Crippen LogP contribution is 2.34. The van der Waals surface area contributed by atoms with Gasteiger partial charge in [-0.05, 0) is 37.6 Å². The summed E-state index contributed by atoms with van der Waals surface area (Å²) in [4.78, 5) is 13.8. The SMILES string of the molecule is O=C1COc2ccc(Cl)cc2N1C[C@@H]1CCCN1. The number of nitrogens with zero attached hydrogens (tertiary/aromatic N) is 1. The largest absolute Gasteiger partial charge is 0.482 e. The van der Waals surface area contributed by atoms with Crippen LogP contribution in [-0.4, -0.2) is 31.6 Å². The van der Waals surface area contributed by atoms with Gasteiger partial charge in [-0.25, -0.2) is 0 Å². The minimum absolute atomic E-state index is 0.00142. The van der Waals surface area contributed by atoms with Crippen LogP contribution < -0.4 is 15.0 Å². The lowest BCUT2D eigenvalue weighted by Gasteiger charge is -2.31. The topological polar surface area (TPSA) is 41.6 Å². The summed E-state index contributed by atoms with van der Waals surface area (Å²) in [5.74, 6) is 0.732. The van der Waals surface area contributed by atoms with E-state index >= 15 is 0 Å². The molecule has 0 unspecified atom stereocenters. The lowest BCUT2D eigenvalue weighted by molar-refractivity contribution is -0.121. The number of anilines is 1. The molecule has 0 radical (unpaired) electrons. The normalized spacial score (nSPS) is 22.8. The molecule has 3 rings (SSSR count). The van der Waals surface area contributed by atoms with Gasteiger partial charge in [0.25, 0.3) is 5.91 Å². The number of halogens is 1. The Morgan fingerprint density at radius 3 is 3.17 bits per heavy atom. The standard InChI is InChI=1S/C13H15ClN2O2/c14-9-3-4-12-11(6-9)16(13(17)8-18-12)7-10-2-1-5-15-10/h3-4,6,10,15H,1-2,5,7-8H2/t10-/m0/s1. The fourth-order valence-corrected chi connectivity index (χ4v) is 2.67. The number of fused-ring (bicyclic) bond motifs is 1. The summed E-state index contributed by atoms with van der Waals surface area (Å²) in [6.45, 7) is 1.84. The van der Waals surface area contributed by atoms with Crippen molar-refractivity contribution >= 4 is 23.2 Å². The van der Waals surface area contributed by atoms with Gasteiger partial charge in [0, 0.05) is 17.6 Å². The summed E-state index contributed by atoms with van der Waals surface area (Å²) in [6, 6.07) is 5.77. The monoisotopic (exact) mass is 266 g/mol. The first-order valence-corrected chi connectivity index (χ1v) is 6.58. The van der Waals surface area contributed by atoms with Crippen molar-refractivity contribution in [3.8, 4) is 5.75 Å². The van der Waals surface area contributed by atoms with Gasteiger partial charge < -0.3 is 15.0 Å². The Kier molecular flexibility index (Phi) is 3.14. The molecule has 0 bridgehead atoms. The summed E-state index contributed by atoms with van der Waals surface area (Å²) < 4.78 is 5.42. The van der Waals surface area contributed by atoms with Crippen LogP contribution in [0.5, 0.6) is 5.75 Å². The van der Waals surface area contributed by atoms with Gasteiger partial charge in [-0.2, -0.15) is 0 Å². The van der Waals surface area contributed by atoms with Gasteiger partial charge in [0.2, 0.25) is 0 Å². The second-order valence-corrected chi connectivity index (χ2v) is 5.13. The molecule has 5 heteroatoms. The quantitative estimate of drug-likeness (QED) is 0.888. The molecule has 1 N–H and O–H groups in total. The van der Waals surface area contributed by atoms with Crippen LogP contribution in [-0.2, 0) is 4.79 Å². The highest BCUT2D eigenvalue weighted by molar-refractivity contribution is 6.31. The van der Waals surface area contributed by atoms with E-state index in [0.717, 1.165) is 24.4 Å². The van der Waals surface area contributed by atoms with Crippen LogP contribution >= 0.6 is 11.6 Å². The van der Waals surface area contributed by atoms with Crippen LogP contribution in [0.2, 0.25) is 5.02 Å².